The Hall–Kier alpha value is -1.69. The van der Waals surface area contributed by atoms with E-state index >= 15 is 0 Å². The zero-order valence-corrected chi connectivity index (χ0v) is 10.1. The molecule has 2 aromatic heterocycles. The van der Waals surface area contributed by atoms with Crippen molar-refractivity contribution in [1.82, 2.24) is 14.8 Å². The van der Waals surface area contributed by atoms with Gasteiger partial charge in [0.25, 0.3) is 5.91 Å². The summed E-state index contributed by atoms with van der Waals surface area (Å²) < 4.78 is 1.60. The SMILES string of the molecule is Cc1nc(C(=O)Nc2ccnn2C)c(C)s1. The van der Waals surface area contributed by atoms with Crippen molar-refractivity contribution in [2.75, 3.05) is 5.32 Å². The second kappa shape index (κ2) is 4.05. The maximum absolute atomic E-state index is 11.9. The third-order valence-corrected chi connectivity index (χ3v) is 3.07. The van der Waals surface area contributed by atoms with Crippen molar-refractivity contribution in [3.8, 4) is 0 Å². The molecule has 1 amide bonds. The summed E-state index contributed by atoms with van der Waals surface area (Å²) >= 11 is 1.52. The zero-order chi connectivity index (χ0) is 11.7. The summed E-state index contributed by atoms with van der Waals surface area (Å²) in [6.45, 7) is 3.78. The Morgan fingerprint density at radius 2 is 2.25 bits per heavy atom. The van der Waals surface area contributed by atoms with Crippen molar-refractivity contribution in [2.45, 2.75) is 13.8 Å². The second-order valence-electron chi connectivity index (χ2n) is 3.43. The summed E-state index contributed by atoms with van der Waals surface area (Å²) in [6.07, 6.45) is 1.63. The molecule has 5 nitrogen and oxygen atoms in total. The van der Waals surface area contributed by atoms with Gasteiger partial charge in [-0.1, -0.05) is 0 Å². The molecule has 0 spiro atoms. The number of aromatic nitrogens is 3. The minimum Gasteiger partial charge on any atom is -0.305 e. The predicted molar refractivity (Wildman–Crippen MR) is 62.7 cm³/mol. The highest BCUT2D eigenvalue weighted by molar-refractivity contribution is 7.11. The van der Waals surface area contributed by atoms with E-state index in [2.05, 4.69) is 15.4 Å². The lowest BCUT2D eigenvalue weighted by atomic mass is 10.3. The van der Waals surface area contributed by atoms with E-state index < -0.39 is 0 Å². The number of nitrogens with one attached hydrogen (secondary N) is 1. The number of rotatable bonds is 2. The van der Waals surface area contributed by atoms with Crippen LogP contribution in [0.4, 0.5) is 5.82 Å². The number of nitrogens with zero attached hydrogens (tertiary/aromatic N) is 3. The number of thiazole rings is 1. The molecule has 0 radical (unpaired) electrons. The predicted octanol–water partition coefficient (Wildman–Crippen LogP) is 1.75. The third kappa shape index (κ3) is 1.96. The van der Waals surface area contributed by atoms with E-state index in [0.29, 0.717) is 11.5 Å². The van der Waals surface area contributed by atoms with E-state index in [9.17, 15) is 4.79 Å². The van der Waals surface area contributed by atoms with Crippen LogP contribution >= 0.6 is 11.3 Å². The molecule has 0 saturated carbocycles. The van der Waals surface area contributed by atoms with Gasteiger partial charge in [-0.2, -0.15) is 5.10 Å². The molecule has 0 bridgehead atoms. The Morgan fingerprint density at radius 3 is 2.75 bits per heavy atom. The van der Waals surface area contributed by atoms with Crippen molar-refractivity contribution in [1.29, 1.82) is 0 Å². The third-order valence-electron chi connectivity index (χ3n) is 2.18. The Balaban J connectivity index is 2.21. The van der Waals surface area contributed by atoms with Crippen LogP contribution in [0.1, 0.15) is 20.4 Å². The van der Waals surface area contributed by atoms with Crippen LogP contribution in [0.3, 0.4) is 0 Å². The van der Waals surface area contributed by atoms with Gasteiger partial charge in [0.15, 0.2) is 0 Å². The monoisotopic (exact) mass is 236 g/mol. The van der Waals surface area contributed by atoms with E-state index in [1.54, 1.807) is 24.0 Å². The summed E-state index contributed by atoms with van der Waals surface area (Å²) in [5.74, 6) is 0.473. The molecule has 16 heavy (non-hydrogen) atoms. The summed E-state index contributed by atoms with van der Waals surface area (Å²) in [5.41, 5.74) is 0.490. The van der Waals surface area contributed by atoms with E-state index in [0.717, 1.165) is 9.88 Å². The van der Waals surface area contributed by atoms with Crippen LogP contribution in [0.2, 0.25) is 0 Å². The van der Waals surface area contributed by atoms with Crippen molar-refractivity contribution < 1.29 is 4.79 Å². The van der Waals surface area contributed by atoms with Gasteiger partial charge in [-0.25, -0.2) is 4.98 Å². The first kappa shape index (κ1) is 10.8. The lowest BCUT2D eigenvalue weighted by Crippen LogP contribution is -2.15. The van der Waals surface area contributed by atoms with Crippen LogP contribution in [0.5, 0.6) is 0 Å². The van der Waals surface area contributed by atoms with Gasteiger partial charge in [0.1, 0.15) is 11.5 Å². The first-order valence-corrected chi connectivity index (χ1v) is 5.63. The van der Waals surface area contributed by atoms with Crippen molar-refractivity contribution in [3.05, 3.63) is 27.8 Å². The van der Waals surface area contributed by atoms with Crippen LogP contribution in [0, 0.1) is 13.8 Å². The minimum atomic E-state index is -0.189. The highest BCUT2D eigenvalue weighted by Crippen LogP contribution is 2.17. The van der Waals surface area contributed by atoms with E-state index in [4.69, 9.17) is 0 Å². The van der Waals surface area contributed by atoms with Gasteiger partial charge in [-0.3, -0.25) is 9.48 Å². The van der Waals surface area contributed by atoms with Gasteiger partial charge in [0.05, 0.1) is 11.2 Å². The number of hydrogen-bond acceptors (Lipinski definition) is 4. The number of carbonyl (C=O) groups is 1. The molecule has 2 rings (SSSR count). The molecular weight excluding hydrogens is 224 g/mol. The average molecular weight is 236 g/mol. The molecule has 0 aliphatic rings. The average Bonchev–Trinajstić information content (AvgIpc) is 2.74. The van der Waals surface area contributed by atoms with Gasteiger partial charge in [-0.05, 0) is 13.8 Å². The molecule has 2 heterocycles. The highest BCUT2D eigenvalue weighted by Gasteiger charge is 2.14. The smallest absolute Gasteiger partial charge is 0.276 e. The maximum atomic E-state index is 11.9. The number of carbonyl (C=O) groups excluding carboxylic acids is 1. The van der Waals surface area contributed by atoms with Crippen LogP contribution < -0.4 is 5.32 Å². The molecular formula is C10H12N4OS. The molecule has 0 aliphatic carbocycles. The van der Waals surface area contributed by atoms with Gasteiger partial charge >= 0.3 is 0 Å². The molecule has 0 aromatic carbocycles. The van der Waals surface area contributed by atoms with E-state index in [1.807, 2.05) is 13.8 Å². The summed E-state index contributed by atoms with van der Waals surface area (Å²) in [7, 11) is 1.77. The maximum Gasteiger partial charge on any atom is 0.276 e. The Labute approximate surface area is 97.1 Å². The van der Waals surface area contributed by atoms with Crippen LogP contribution in [-0.2, 0) is 7.05 Å². The molecule has 0 fully saturated rings. The van der Waals surface area contributed by atoms with Crippen molar-refractivity contribution >= 4 is 23.1 Å². The molecule has 6 heteroatoms. The Morgan fingerprint density at radius 1 is 1.50 bits per heavy atom. The number of aryl methyl sites for hydroxylation is 3. The fraction of sp³-hybridized carbons (Fsp3) is 0.300. The molecule has 84 valence electrons. The minimum absolute atomic E-state index is 0.189. The molecule has 0 atom stereocenters. The number of anilines is 1. The quantitative estimate of drug-likeness (QED) is 0.864. The summed E-state index contributed by atoms with van der Waals surface area (Å²) in [4.78, 5) is 17.0. The number of amides is 1. The van der Waals surface area contributed by atoms with E-state index in [1.165, 1.54) is 11.3 Å². The van der Waals surface area contributed by atoms with Gasteiger partial charge in [-0.15, -0.1) is 11.3 Å². The van der Waals surface area contributed by atoms with Crippen molar-refractivity contribution in [3.63, 3.8) is 0 Å². The highest BCUT2D eigenvalue weighted by atomic mass is 32.1. The fourth-order valence-electron chi connectivity index (χ4n) is 1.41. The first-order chi connectivity index (χ1) is 7.58. The lowest BCUT2D eigenvalue weighted by molar-refractivity contribution is 0.102. The van der Waals surface area contributed by atoms with Crippen molar-refractivity contribution in [2.24, 2.45) is 7.05 Å². The number of hydrogen-bond donors (Lipinski definition) is 1. The topological polar surface area (TPSA) is 59.8 Å². The van der Waals surface area contributed by atoms with Gasteiger partial charge in [0, 0.05) is 18.0 Å². The summed E-state index contributed by atoms with van der Waals surface area (Å²) in [6, 6.07) is 1.74. The van der Waals surface area contributed by atoms with Crippen LogP contribution in [-0.4, -0.2) is 20.7 Å². The van der Waals surface area contributed by atoms with E-state index in [-0.39, 0.29) is 5.91 Å². The second-order valence-corrected chi connectivity index (χ2v) is 4.84. The van der Waals surface area contributed by atoms with Crippen LogP contribution in [0.15, 0.2) is 12.3 Å². The molecule has 0 unspecified atom stereocenters. The molecule has 0 saturated heterocycles. The molecule has 1 N–H and O–H groups in total. The Bertz CT molecular complexity index is 529. The van der Waals surface area contributed by atoms with Crippen LogP contribution in [0.25, 0.3) is 0 Å². The Kier molecular flexibility index (Phi) is 2.74. The zero-order valence-electron chi connectivity index (χ0n) is 9.31. The first-order valence-electron chi connectivity index (χ1n) is 4.81. The normalized spacial score (nSPS) is 10.4. The fourth-order valence-corrected chi connectivity index (χ4v) is 2.23. The largest absolute Gasteiger partial charge is 0.305 e. The standard InChI is InChI=1S/C10H12N4OS/c1-6-9(12-7(2)16-6)10(15)13-8-4-5-11-14(8)3/h4-5H,1-3H3,(H,13,15). The molecule has 0 aliphatic heterocycles. The molecule has 2 aromatic rings. The van der Waals surface area contributed by atoms with Gasteiger partial charge in [0.2, 0.25) is 0 Å². The lowest BCUT2D eigenvalue weighted by Gasteiger charge is -2.03. The van der Waals surface area contributed by atoms with Gasteiger partial charge < -0.3 is 5.32 Å². The summed E-state index contributed by atoms with van der Waals surface area (Å²) in [5, 5.41) is 7.64.